The zero-order valence-electron chi connectivity index (χ0n) is 9.72. The summed E-state index contributed by atoms with van der Waals surface area (Å²) in [5.41, 5.74) is 0. The second-order valence-electron chi connectivity index (χ2n) is 4.24. The maximum atomic E-state index is 11.7. The Morgan fingerprint density at radius 1 is 1.35 bits per heavy atom. The fourth-order valence-electron chi connectivity index (χ4n) is 2.51. The van der Waals surface area contributed by atoms with Crippen LogP contribution in [-0.4, -0.2) is 35.3 Å². The highest BCUT2D eigenvalue weighted by atomic mass is 16.5. The zero-order valence-corrected chi connectivity index (χ0v) is 9.72. The standard InChI is InChI=1S/C12H15NO4/c1-2-17-12(16)8-4-3-5-9(8)13-10(14)6-7-11(13)15/h6-9H,2-5H2,1H3/t8-,9-/m0/s1. The number of carbonyl (C=O) groups excluding carboxylic acids is 3. The van der Waals surface area contributed by atoms with Gasteiger partial charge in [-0.15, -0.1) is 0 Å². The van der Waals surface area contributed by atoms with Gasteiger partial charge in [0.25, 0.3) is 11.8 Å². The summed E-state index contributed by atoms with van der Waals surface area (Å²) in [6.45, 7) is 2.07. The Kier molecular flexibility index (Phi) is 3.26. The van der Waals surface area contributed by atoms with Gasteiger partial charge in [0.1, 0.15) is 0 Å². The van der Waals surface area contributed by atoms with Crippen LogP contribution in [0.4, 0.5) is 0 Å². The van der Waals surface area contributed by atoms with Gasteiger partial charge in [0.2, 0.25) is 0 Å². The van der Waals surface area contributed by atoms with Crippen molar-refractivity contribution in [3.63, 3.8) is 0 Å². The van der Waals surface area contributed by atoms with E-state index in [-0.39, 0.29) is 29.7 Å². The molecule has 0 aromatic carbocycles. The number of rotatable bonds is 3. The molecule has 17 heavy (non-hydrogen) atoms. The summed E-state index contributed by atoms with van der Waals surface area (Å²) in [6.07, 6.45) is 4.71. The minimum Gasteiger partial charge on any atom is -0.466 e. The Bertz CT molecular complexity index is 370. The molecule has 5 nitrogen and oxygen atoms in total. The number of nitrogens with zero attached hydrogens (tertiary/aromatic N) is 1. The van der Waals surface area contributed by atoms with Crippen molar-refractivity contribution in [3.8, 4) is 0 Å². The van der Waals surface area contributed by atoms with Crippen LogP contribution >= 0.6 is 0 Å². The molecule has 2 rings (SSSR count). The van der Waals surface area contributed by atoms with Gasteiger partial charge in [-0.05, 0) is 19.8 Å². The van der Waals surface area contributed by atoms with Gasteiger partial charge >= 0.3 is 5.97 Å². The highest BCUT2D eigenvalue weighted by molar-refractivity contribution is 6.13. The Morgan fingerprint density at radius 2 is 2.00 bits per heavy atom. The molecule has 1 heterocycles. The van der Waals surface area contributed by atoms with Gasteiger partial charge in [0.05, 0.1) is 18.6 Å². The second-order valence-corrected chi connectivity index (χ2v) is 4.24. The van der Waals surface area contributed by atoms with Crippen molar-refractivity contribution in [1.82, 2.24) is 4.90 Å². The van der Waals surface area contributed by atoms with Gasteiger partial charge in [0, 0.05) is 12.2 Å². The van der Waals surface area contributed by atoms with E-state index in [1.54, 1.807) is 6.92 Å². The first-order chi connectivity index (χ1) is 8.15. The topological polar surface area (TPSA) is 63.7 Å². The van der Waals surface area contributed by atoms with Gasteiger partial charge in [-0.3, -0.25) is 19.3 Å². The molecule has 1 saturated carbocycles. The lowest BCUT2D eigenvalue weighted by atomic mass is 10.0. The maximum Gasteiger partial charge on any atom is 0.311 e. The highest BCUT2D eigenvalue weighted by Gasteiger charge is 2.42. The smallest absolute Gasteiger partial charge is 0.311 e. The molecule has 0 unspecified atom stereocenters. The Hall–Kier alpha value is -1.65. The number of amides is 2. The fourth-order valence-corrected chi connectivity index (χ4v) is 2.51. The molecule has 2 aliphatic rings. The van der Waals surface area contributed by atoms with E-state index < -0.39 is 0 Å². The van der Waals surface area contributed by atoms with Crippen LogP contribution in [0, 0.1) is 5.92 Å². The Morgan fingerprint density at radius 3 is 2.59 bits per heavy atom. The van der Waals surface area contributed by atoms with Gasteiger partial charge in [-0.2, -0.15) is 0 Å². The van der Waals surface area contributed by atoms with Crippen LogP contribution in [0.25, 0.3) is 0 Å². The van der Waals surface area contributed by atoms with Crippen molar-refractivity contribution >= 4 is 17.8 Å². The molecule has 2 amide bonds. The van der Waals surface area contributed by atoms with Crippen molar-refractivity contribution < 1.29 is 19.1 Å². The molecule has 92 valence electrons. The molecule has 1 fully saturated rings. The van der Waals surface area contributed by atoms with Gasteiger partial charge in [0.15, 0.2) is 0 Å². The van der Waals surface area contributed by atoms with E-state index >= 15 is 0 Å². The van der Waals surface area contributed by atoms with Crippen molar-refractivity contribution in [1.29, 1.82) is 0 Å². The fraction of sp³-hybridized carbons (Fsp3) is 0.583. The minimum atomic E-state index is -0.359. The average Bonchev–Trinajstić information content (AvgIpc) is 2.86. The number of esters is 1. The zero-order chi connectivity index (χ0) is 12.4. The molecule has 0 radical (unpaired) electrons. The van der Waals surface area contributed by atoms with Crippen molar-refractivity contribution in [2.45, 2.75) is 32.2 Å². The first-order valence-corrected chi connectivity index (χ1v) is 5.87. The summed E-state index contributed by atoms with van der Waals surface area (Å²) >= 11 is 0. The molecule has 1 aliphatic carbocycles. The number of carbonyl (C=O) groups is 3. The molecule has 0 N–H and O–H groups in total. The van der Waals surface area contributed by atoms with Crippen LogP contribution in [0.2, 0.25) is 0 Å². The first kappa shape index (κ1) is 11.8. The summed E-state index contributed by atoms with van der Waals surface area (Å²) in [5.74, 6) is -1.31. The summed E-state index contributed by atoms with van der Waals surface area (Å²) in [6, 6.07) is -0.330. The largest absolute Gasteiger partial charge is 0.466 e. The molecule has 0 aromatic rings. The Balaban J connectivity index is 2.12. The quantitative estimate of drug-likeness (QED) is 0.534. The second kappa shape index (κ2) is 4.69. The van der Waals surface area contributed by atoms with Crippen LogP contribution in [0.5, 0.6) is 0 Å². The van der Waals surface area contributed by atoms with Crippen LogP contribution in [0.15, 0.2) is 12.2 Å². The normalized spacial score (nSPS) is 27.9. The van der Waals surface area contributed by atoms with E-state index in [0.717, 1.165) is 6.42 Å². The predicted molar refractivity (Wildman–Crippen MR) is 58.8 cm³/mol. The van der Waals surface area contributed by atoms with Crippen molar-refractivity contribution in [2.24, 2.45) is 5.92 Å². The van der Waals surface area contributed by atoms with E-state index in [1.807, 2.05) is 0 Å². The summed E-state index contributed by atoms with van der Waals surface area (Å²) in [5, 5.41) is 0. The molecule has 0 bridgehead atoms. The molecule has 1 aliphatic heterocycles. The van der Waals surface area contributed by atoms with Crippen molar-refractivity contribution in [3.05, 3.63) is 12.2 Å². The van der Waals surface area contributed by atoms with Gasteiger partial charge in [-0.25, -0.2) is 0 Å². The summed E-state index contributed by atoms with van der Waals surface area (Å²) in [4.78, 5) is 36.1. The van der Waals surface area contributed by atoms with Crippen LogP contribution < -0.4 is 0 Å². The highest BCUT2D eigenvalue weighted by Crippen LogP contribution is 2.32. The SMILES string of the molecule is CCOC(=O)[C@H]1CCC[C@@H]1N1C(=O)C=CC1=O. The predicted octanol–water partition coefficient (Wildman–Crippen LogP) is 0.643. The average molecular weight is 237 g/mol. The molecule has 2 atom stereocenters. The lowest BCUT2D eigenvalue weighted by Gasteiger charge is -2.26. The maximum absolute atomic E-state index is 11.7. The lowest BCUT2D eigenvalue weighted by Crippen LogP contribution is -2.44. The third-order valence-corrected chi connectivity index (χ3v) is 3.24. The van der Waals surface area contributed by atoms with Gasteiger partial charge in [-0.1, -0.05) is 6.42 Å². The first-order valence-electron chi connectivity index (χ1n) is 5.87. The molecule has 0 saturated heterocycles. The van der Waals surface area contributed by atoms with E-state index in [1.165, 1.54) is 17.1 Å². The summed E-state index contributed by atoms with van der Waals surface area (Å²) in [7, 11) is 0. The van der Waals surface area contributed by atoms with Crippen molar-refractivity contribution in [2.75, 3.05) is 6.61 Å². The van der Waals surface area contributed by atoms with E-state index in [2.05, 4.69) is 0 Å². The number of ether oxygens (including phenoxy) is 1. The molecular weight excluding hydrogens is 222 g/mol. The molecule has 0 spiro atoms. The Labute approximate surface area is 99.4 Å². The van der Waals surface area contributed by atoms with E-state index in [9.17, 15) is 14.4 Å². The van der Waals surface area contributed by atoms with E-state index in [0.29, 0.717) is 19.4 Å². The number of hydrogen-bond donors (Lipinski definition) is 0. The minimum absolute atomic E-state index is 0.303. The van der Waals surface area contributed by atoms with Gasteiger partial charge < -0.3 is 4.74 Å². The van der Waals surface area contributed by atoms with Crippen LogP contribution in [0.3, 0.4) is 0 Å². The van der Waals surface area contributed by atoms with E-state index in [4.69, 9.17) is 4.74 Å². The lowest BCUT2D eigenvalue weighted by molar-refractivity contribution is -0.151. The molecular formula is C12H15NO4. The molecule has 5 heteroatoms. The third kappa shape index (κ3) is 2.09. The third-order valence-electron chi connectivity index (χ3n) is 3.24. The monoisotopic (exact) mass is 237 g/mol. The van der Waals surface area contributed by atoms with Crippen LogP contribution in [0.1, 0.15) is 26.2 Å². The summed E-state index contributed by atoms with van der Waals surface area (Å²) < 4.78 is 4.98. The van der Waals surface area contributed by atoms with Crippen LogP contribution in [-0.2, 0) is 19.1 Å². The number of imide groups is 1. The number of hydrogen-bond acceptors (Lipinski definition) is 4. The molecule has 0 aromatic heterocycles.